The number of benzene rings is 1. The molecule has 3 aliphatic rings. The second kappa shape index (κ2) is 8.32. The third-order valence-corrected chi connectivity index (χ3v) is 9.23. The van der Waals surface area contributed by atoms with Gasteiger partial charge >= 0.3 is 0 Å². The van der Waals surface area contributed by atoms with Crippen LogP contribution in [-0.4, -0.2) is 61.8 Å². The average Bonchev–Trinajstić information content (AvgIpc) is 3.54. The molecule has 1 spiro atoms. The van der Waals surface area contributed by atoms with E-state index in [0.717, 1.165) is 23.5 Å². The summed E-state index contributed by atoms with van der Waals surface area (Å²) in [6, 6.07) is 3.28. The van der Waals surface area contributed by atoms with Gasteiger partial charge in [0.1, 0.15) is 22.3 Å². The highest BCUT2D eigenvalue weighted by Crippen LogP contribution is 2.53. The van der Waals surface area contributed by atoms with Crippen molar-refractivity contribution in [2.75, 3.05) is 19.1 Å². The third kappa shape index (κ3) is 3.57. The Morgan fingerprint density at radius 1 is 1.14 bits per heavy atom. The Kier molecular flexibility index (Phi) is 5.39. The highest BCUT2D eigenvalue weighted by atomic mass is 32.1. The smallest absolute Gasteiger partial charge is 0.278 e. The number of nitrogens with zero attached hydrogens (tertiary/aromatic N) is 5. The van der Waals surface area contributed by atoms with E-state index >= 15 is 0 Å². The number of fused-ring (bicyclic) bond motifs is 2. The Hall–Kier alpha value is -3.38. The van der Waals surface area contributed by atoms with Gasteiger partial charge in [-0.05, 0) is 49.1 Å². The number of carbonyl (C=O) groups excluding carboxylic acids is 1. The summed E-state index contributed by atoms with van der Waals surface area (Å²) >= 11 is 1.06. The molecule has 0 saturated heterocycles. The molecule has 2 unspecified atom stereocenters. The van der Waals surface area contributed by atoms with Crippen LogP contribution in [0.3, 0.4) is 0 Å². The van der Waals surface area contributed by atoms with Gasteiger partial charge in [0.25, 0.3) is 5.91 Å². The molecule has 1 aromatic carbocycles. The maximum atomic E-state index is 14.1. The van der Waals surface area contributed by atoms with E-state index < -0.39 is 34.4 Å². The maximum absolute atomic E-state index is 14.1. The zero-order valence-corrected chi connectivity index (χ0v) is 21.0. The molecule has 1 aliphatic heterocycles. The van der Waals surface area contributed by atoms with Crippen molar-refractivity contribution in [2.45, 2.75) is 43.9 Å². The molecule has 3 aromatic rings. The fourth-order valence-electron chi connectivity index (χ4n) is 6.35. The quantitative estimate of drug-likeness (QED) is 0.536. The van der Waals surface area contributed by atoms with E-state index in [1.807, 2.05) is 12.1 Å². The Balaban J connectivity index is 1.38. The van der Waals surface area contributed by atoms with Gasteiger partial charge in [-0.15, -0.1) is 10.2 Å². The minimum absolute atomic E-state index is 0.0585. The van der Waals surface area contributed by atoms with Crippen LogP contribution in [0.4, 0.5) is 8.78 Å². The van der Waals surface area contributed by atoms with Crippen molar-refractivity contribution in [1.82, 2.24) is 19.8 Å². The monoisotopic (exact) mass is 529 g/mol. The van der Waals surface area contributed by atoms with E-state index in [9.17, 15) is 28.6 Å². The zero-order valence-electron chi connectivity index (χ0n) is 20.2. The van der Waals surface area contributed by atoms with Crippen LogP contribution in [-0.2, 0) is 6.42 Å². The minimum atomic E-state index is -0.751. The van der Waals surface area contributed by atoms with Gasteiger partial charge in [-0.2, -0.15) is 0 Å². The summed E-state index contributed by atoms with van der Waals surface area (Å²) in [5, 5.41) is 31.6. The third-order valence-electron chi connectivity index (χ3n) is 8.27. The van der Waals surface area contributed by atoms with Gasteiger partial charge in [0.2, 0.25) is 5.43 Å². The van der Waals surface area contributed by atoms with Crippen molar-refractivity contribution >= 4 is 17.2 Å². The van der Waals surface area contributed by atoms with Crippen LogP contribution in [0.1, 0.15) is 46.7 Å². The van der Waals surface area contributed by atoms with Gasteiger partial charge in [-0.25, -0.2) is 8.78 Å². The molecule has 12 heteroatoms. The van der Waals surface area contributed by atoms with Crippen molar-refractivity contribution in [3.8, 4) is 16.3 Å². The molecule has 2 fully saturated rings. The lowest BCUT2D eigenvalue weighted by Gasteiger charge is -2.52. The van der Waals surface area contributed by atoms with E-state index in [4.69, 9.17) is 0 Å². The van der Waals surface area contributed by atoms with E-state index in [2.05, 4.69) is 10.2 Å². The SMILES string of the molecule is CN1C(=O)c2c(O)c(=O)c(-c3nnc(Cc4ccc(F)cc4F)s3)cn2N(C)C12C[C@H]1CC(O)C[C@H]1C2. The van der Waals surface area contributed by atoms with E-state index in [-0.39, 0.29) is 46.2 Å². The topological polar surface area (TPSA) is 112 Å². The molecule has 194 valence electrons. The molecule has 2 N–H and O–H groups in total. The molecular formula is C25H25F2N5O4S. The number of hydrogen-bond acceptors (Lipinski definition) is 8. The van der Waals surface area contributed by atoms with E-state index in [1.54, 1.807) is 11.9 Å². The molecule has 0 bridgehead atoms. The summed E-state index contributed by atoms with van der Waals surface area (Å²) in [5.41, 5.74) is -1.23. The number of hydrogen-bond donors (Lipinski definition) is 2. The number of amides is 1. The van der Waals surface area contributed by atoms with Gasteiger partial charge in [0, 0.05) is 32.8 Å². The molecule has 0 radical (unpaired) electrons. The van der Waals surface area contributed by atoms with E-state index in [1.165, 1.54) is 16.9 Å². The molecule has 3 heterocycles. The van der Waals surface area contributed by atoms with Crippen LogP contribution in [0, 0.1) is 23.5 Å². The van der Waals surface area contributed by atoms with Crippen molar-refractivity contribution in [3.05, 3.63) is 62.5 Å². The molecule has 4 atom stereocenters. The number of pyridine rings is 1. The lowest BCUT2D eigenvalue weighted by molar-refractivity contribution is 0.0358. The summed E-state index contributed by atoms with van der Waals surface area (Å²) in [5.74, 6) is -1.96. The number of carbonyl (C=O) groups is 1. The second-order valence-electron chi connectivity index (χ2n) is 10.3. The summed E-state index contributed by atoms with van der Waals surface area (Å²) in [7, 11) is 3.50. The standard InChI is InChI=1S/C25H25F2N5O4S/c1-30-24(36)20-22(35)21(34)17(23-29-28-19(37-23)7-12-3-4-15(26)8-18(12)27)11-32(20)31(2)25(30)9-13-5-16(33)6-14(13)10-25/h3-4,8,11,13-14,16,33,35H,5-7,9-10H2,1-2H3/t13-,14+,16?,25?. The average molecular weight is 530 g/mol. The molecular weight excluding hydrogens is 504 g/mol. The van der Waals surface area contributed by atoms with Crippen molar-refractivity contribution < 1.29 is 23.8 Å². The van der Waals surface area contributed by atoms with Crippen LogP contribution in [0.5, 0.6) is 5.75 Å². The Morgan fingerprint density at radius 3 is 2.51 bits per heavy atom. The zero-order chi connectivity index (χ0) is 26.2. The van der Waals surface area contributed by atoms with E-state index in [0.29, 0.717) is 30.7 Å². The van der Waals surface area contributed by atoms with Gasteiger partial charge in [-0.3, -0.25) is 19.3 Å². The first kappa shape index (κ1) is 24.0. The first-order valence-electron chi connectivity index (χ1n) is 12.0. The van der Waals surface area contributed by atoms with Gasteiger partial charge in [-0.1, -0.05) is 17.4 Å². The summed E-state index contributed by atoms with van der Waals surface area (Å²) in [6.45, 7) is 0. The summed E-state index contributed by atoms with van der Waals surface area (Å²) in [4.78, 5) is 28.2. The number of aromatic nitrogens is 3. The van der Waals surface area contributed by atoms with Crippen LogP contribution in [0.25, 0.3) is 10.6 Å². The Morgan fingerprint density at radius 2 is 1.84 bits per heavy atom. The van der Waals surface area contributed by atoms with Crippen molar-refractivity contribution in [1.29, 1.82) is 0 Å². The number of rotatable bonds is 3. The number of aliphatic hydroxyl groups is 1. The molecule has 37 heavy (non-hydrogen) atoms. The predicted octanol–water partition coefficient (Wildman–Crippen LogP) is 2.47. The normalized spacial score (nSPS) is 26.7. The minimum Gasteiger partial charge on any atom is -0.502 e. The first-order chi connectivity index (χ1) is 17.6. The molecule has 1 amide bonds. The molecule has 2 saturated carbocycles. The fraction of sp³-hybridized carbons (Fsp3) is 0.440. The predicted molar refractivity (Wildman–Crippen MR) is 131 cm³/mol. The second-order valence-corrected chi connectivity index (χ2v) is 11.3. The highest BCUT2D eigenvalue weighted by molar-refractivity contribution is 7.14. The van der Waals surface area contributed by atoms with Crippen molar-refractivity contribution in [3.63, 3.8) is 0 Å². The molecule has 2 aromatic heterocycles. The van der Waals surface area contributed by atoms with Crippen LogP contribution < -0.4 is 10.4 Å². The highest BCUT2D eigenvalue weighted by Gasteiger charge is 2.57. The van der Waals surface area contributed by atoms with Gasteiger partial charge in [0.05, 0.1) is 11.7 Å². The van der Waals surface area contributed by atoms with Gasteiger partial charge < -0.3 is 15.1 Å². The molecule has 6 rings (SSSR count). The number of aromatic hydroxyl groups is 1. The Labute approximate surface area is 214 Å². The number of aliphatic hydroxyl groups excluding tert-OH is 1. The fourth-order valence-corrected chi connectivity index (χ4v) is 7.22. The van der Waals surface area contributed by atoms with Crippen molar-refractivity contribution in [2.24, 2.45) is 11.8 Å². The largest absolute Gasteiger partial charge is 0.502 e. The summed E-state index contributed by atoms with van der Waals surface area (Å²) < 4.78 is 28.9. The van der Waals surface area contributed by atoms with Crippen LogP contribution in [0.2, 0.25) is 0 Å². The van der Waals surface area contributed by atoms with Crippen LogP contribution in [0.15, 0.2) is 29.2 Å². The van der Waals surface area contributed by atoms with Gasteiger partial charge in [0.15, 0.2) is 16.5 Å². The first-order valence-corrected chi connectivity index (χ1v) is 12.9. The molecule has 2 aliphatic carbocycles. The lowest BCUT2D eigenvalue weighted by atomic mass is 9.98. The Bertz CT molecular complexity index is 1480. The maximum Gasteiger partial charge on any atom is 0.278 e. The van der Waals surface area contributed by atoms with Crippen LogP contribution >= 0.6 is 11.3 Å². The summed E-state index contributed by atoms with van der Waals surface area (Å²) in [6.07, 6.45) is 3.95. The number of halogens is 2. The molecule has 9 nitrogen and oxygen atoms in total. The lowest BCUT2D eigenvalue weighted by Crippen LogP contribution is -2.67.